The molecule has 1 aromatic heterocycles. The molecule has 0 unspecified atom stereocenters. The van der Waals surface area contributed by atoms with Gasteiger partial charge in [0.25, 0.3) is 5.91 Å². The van der Waals surface area contributed by atoms with Gasteiger partial charge in [-0.25, -0.2) is 0 Å². The highest BCUT2D eigenvalue weighted by molar-refractivity contribution is 7.98. The van der Waals surface area contributed by atoms with E-state index in [-0.39, 0.29) is 5.91 Å². The van der Waals surface area contributed by atoms with Crippen molar-refractivity contribution in [3.05, 3.63) is 41.6 Å². The monoisotopic (exact) mass is 261 g/mol. The smallest absolute Gasteiger partial charge is 0.256 e. The maximum absolute atomic E-state index is 12.1. The molecular weight excluding hydrogens is 246 g/mol. The van der Waals surface area contributed by atoms with E-state index in [2.05, 4.69) is 10.4 Å². The molecule has 1 heterocycles. The van der Waals surface area contributed by atoms with Crippen molar-refractivity contribution in [3.63, 3.8) is 0 Å². The van der Waals surface area contributed by atoms with Gasteiger partial charge in [0.2, 0.25) is 0 Å². The third-order valence-corrected chi connectivity index (χ3v) is 3.30. The summed E-state index contributed by atoms with van der Waals surface area (Å²) in [6.45, 7) is 1.89. The highest BCUT2D eigenvalue weighted by atomic mass is 32.2. The number of carbonyl (C=O) groups is 1. The van der Waals surface area contributed by atoms with Crippen LogP contribution in [0.15, 0.2) is 35.2 Å². The number of thioether (sulfide) groups is 1. The van der Waals surface area contributed by atoms with Gasteiger partial charge in [-0.15, -0.1) is 11.8 Å². The highest BCUT2D eigenvalue weighted by Crippen LogP contribution is 2.17. The largest absolute Gasteiger partial charge is 0.307 e. The lowest BCUT2D eigenvalue weighted by Gasteiger charge is -2.06. The van der Waals surface area contributed by atoms with Gasteiger partial charge in [-0.3, -0.25) is 9.48 Å². The van der Waals surface area contributed by atoms with E-state index in [1.165, 1.54) is 0 Å². The van der Waals surface area contributed by atoms with E-state index in [4.69, 9.17) is 0 Å². The van der Waals surface area contributed by atoms with E-state index in [9.17, 15) is 4.79 Å². The number of carbonyl (C=O) groups excluding carboxylic acids is 1. The fourth-order valence-corrected chi connectivity index (χ4v) is 2.14. The van der Waals surface area contributed by atoms with Gasteiger partial charge in [-0.2, -0.15) is 5.10 Å². The number of hydrogen-bond donors (Lipinski definition) is 1. The number of amides is 1. The lowest BCUT2D eigenvalue weighted by atomic mass is 10.2. The minimum Gasteiger partial charge on any atom is -0.307 e. The van der Waals surface area contributed by atoms with Crippen LogP contribution in [0.4, 0.5) is 5.82 Å². The summed E-state index contributed by atoms with van der Waals surface area (Å²) >= 11 is 1.62. The van der Waals surface area contributed by atoms with Crippen LogP contribution in [-0.4, -0.2) is 21.9 Å². The van der Waals surface area contributed by atoms with Crippen molar-refractivity contribution in [1.82, 2.24) is 9.78 Å². The molecule has 0 aliphatic carbocycles. The summed E-state index contributed by atoms with van der Waals surface area (Å²) in [6, 6.07) is 9.39. The molecule has 2 aromatic rings. The van der Waals surface area contributed by atoms with Gasteiger partial charge in [-0.05, 0) is 31.4 Å². The van der Waals surface area contributed by atoms with Crippen LogP contribution in [0.3, 0.4) is 0 Å². The zero-order valence-corrected chi connectivity index (χ0v) is 11.4. The average molecular weight is 261 g/mol. The van der Waals surface area contributed by atoms with E-state index in [1.807, 2.05) is 37.4 Å². The minimum absolute atomic E-state index is 0.117. The van der Waals surface area contributed by atoms with Crippen molar-refractivity contribution in [2.45, 2.75) is 11.8 Å². The Morgan fingerprint density at radius 2 is 2.17 bits per heavy atom. The minimum atomic E-state index is -0.117. The van der Waals surface area contributed by atoms with Gasteiger partial charge in [-0.1, -0.05) is 6.07 Å². The van der Waals surface area contributed by atoms with Crippen LogP contribution < -0.4 is 5.32 Å². The first-order valence-electron chi connectivity index (χ1n) is 5.56. The average Bonchev–Trinajstić information content (AvgIpc) is 2.68. The number of hydrogen-bond acceptors (Lipinski definition) is 3. The molecule has 1 aromatic carbocycles. The second-order valence-corrected chi connectivity index (χ2v) is 4.86. The van der Waals surface area contributed by atoms with E-state index in [0.717, 1.165) is 10.6 Å². The first-order valence-corrected chi connectivity index (χ1v) is 6.78. The zero-order chi connectivity index (χ0) is 13.1. The Morgan fingerprint density at radius 3 is 2.78 bits per heavy atom. The van der Waals surface area contributed by atoms with Gasteiger partial charge in [0.15, 0.2) is 0 Å². The van der Waals surface area contributed by atoms with Crippen LogP contribution in [0.2, 0.25) is 0 Å². The Kier molecular flexibility index (Phi) is 3.72. The van der Waals surface area contributed by atoms with Crippen molar-refractivity contribution >= 4 is 23.5 Å². The molecule has 5 heteroatoms. The zero-order valence-electron chi connectivity index (χ0n) is 10.6. The van der Waals surface area contributed by atoms with Gasteiger partial charge < -0.3 is 5.32 Å². The van der Waals surface area contributed by atoms with Crippen molar-refractivity contribution in [2.24, 2.45) is 7.05 Å². The lowest BCUT2D eigenvalue weighted by Crippen LogP contribution is -2.14. The number of benzene rings is 1. The van der Waals surface area contributed by atoms with Crippen molar-refractivity contribution in [3.8, 4) is 0 Å². The fourth-order valence-electron chi connectivity index (χ4n) is 1.68. The Hall–Kier alpha value is -1.75. The second-order valence-electron chi connectivity index (χ2n) is 3.98. The van der Waals surface area contributed by atoms with Crippen LogP contribution >= 0.6 is 11.8 Å². The number of nitrogens with one attached hydrogen (secondary N) is 1. The van der Waals surface area contributed by atoms with E-state index in [0.29, 0.717) is 11.4 Å². The molecule has 94 valence electrons. The van der Waals surface area contributed by atoms with Gasteiger partial charge in [0.05, 0.1) is 5.69 Å². The topological polar surface area (TPSA) is 46.9 Å². The molecule has 0 radical (unpaired) electrons. The predicted molar refractivity (Wildman–Crippen MR) is 74.1 cm³/mol. The molecule has 18 heavy (non-hydrogen) atoms. The van der Waals surface area contributed by atoms with Crippen molar-refractivity contribution < 1.29 is 4.79 Å². The van der Waals surface area contributed by atoms with Gasteiger partial charge in [0.1, 0.15) is 5.82 Å². The third-order valence-electron chi connectivity index (χ3n) is 2.58. The number of aromatic nitrogens is 2. The summed E-state index contributed by atoms with van der Waals surface area (Å²) in [7, 11) is 1.81. The normalized spacial score (nSPS) is 10.4. The summed E-state index contributed by atoms with van der Waals surface area (Å²) in [5.41, 5.74) is 1.53. The molecule has 4 nitrogen and oxygen atoms in total. The van der Waals surface area contributed by atoms with Crippen molar-refractivity contribution in [1.29, 1.82) is 0 Å². The Bertz CT molecular complexity index is 577. The third kappa shape index (κ3) is 2.73. The van der Waals surface area contributed by atoms with Gasteiger partial charge in [0, 0.05) is 23.6 Å². The first-order chi connectivity index (χ1) is 8.60. The number of anilines is 1. The number of aryl methyl sites for hydroxylation is 2. The van der Waals surface area contributed by atoms with Crippen LogP contribution in [0.1, 0.15) is 16.1 Å². The highest BCUT2D eigenvalue weighted by Gasteiger charge is 2.09. The molecule has 0 fully saturated rings. The van der Waals surface area contributed by atoms with Crippen LogP contribution in [0.25, 0.3) is 0 Å². The van der Waals surface area contributed by atoms with Crippen molar-refractivity contribution in [2.75, 3.05) is 11.6 Å². The summed E-state index contributed by atoms with van der Waals surface area (Å²) in [4.78, 5) is 13.2. The number of rotatable bonds is 3. The Balaban J connectivity index is 2.19. The molecular formula is C13H15N3OS. The predicted octanol–water partition coefficient (Wildman–Crippen LogP) is 2.70. The molecule has 0 aliphatic heterocycles. The maximum Gasteiger partial charge on any atom is 0.256 e. The van der Waals surface area contributed by atoms with E-state index in [1.54, 1.807) is 29.6 Å². The molecule has 0 bridgehead atoms. The van der Waals surface area contributed by atoms with Crippen LogP contribution in [-0.2, 0) is 7.05 Å². The summed E-state index contributed by atoms with van der Waals surface area (Å²) in [5, 5.41) is 7.04. The summed E-state index contributed by atoms with van der Waals surface area (Å²) < 4.78 is 1.66. The van der Waals surface area contributed by atoms with Crippen LogP contribution in [0.5, 0.6) is 0 Å². The van der Waals surface area contributed by atoms with E-state index >= 15 is 0 Å². The number of nitrogens with zero attached hydrogens (tertiary/aromatic N) is 2. The standard InChI is InChI=1S/C13H15N3OS/c1-9-7-12(16(2)15-9)14-13(17)10-5-4-6-11(8-10)18-3/h4-8H,1-3H3,(H,14,17). The van der Waals surface area contributed by atoms with Gasteiger partial charge >= 0.3 is 0 Å². The second kappa shape index (κ2) is 5.27. The Labute approximate surface area is 110 Å². The fraction of sp³-hybridized carbons (Fsp3) is 0.231. The molecule has 0 aliphatic rings. The molecule has 0 spiro atoms. The molecule has 0 saturated carbocycles. The van der Waals surface area contributed by atoms with Crippen LogP contribution in [0, 0.1) is 6.92 Å². The molecule has 1 amide bonds. The SMILES string of the molecule is CSc1cccc(C(=O)Nc2cc(C)nn2C)c1. The lowest BCUT2D eigenvalue weighted by molar-refractivity contribution is 0.102. The quantitative estimate of drug-likeness (QED) is 0.864. The molecule has 1 N–H and O–H groups in total. The maximum atomic E-state index is 12.1. The van der Waals surface area contributed by atoms with E-state index < -0.39 is 0 Å². The summed E-state index contributed by atoms with van der Waals surface area (Å²) in [5.74, 6) is 0.584. The molecule has 0 atom stereocenters. The Morgan fingerprint density at radius 1 is 1.39 bits per heavy atom. The molecule has 2 rings (SSSR count). The first kappa shape index (κ1) is 12.7. The molecule has 0 saturated heterocycles. The summed E-state index contributed by atoms with van der Waals surface area (Å²) in [6.07, 6.45) is 1.99.